The molecule has 1 aromatic heterocycles. The molecule has 1 atom stereocenters. The van der Waals surface area contributed by atoms with Crippen LogP contribution in [0.15, 0.2) is 36.4 Å². The quantitative estimate of drug-likeness (QED) is 0.524. The van der Waals surface area contributed by atoms with E-state index in [1.807, 2.05) is 6.92 Å². The van der Waals surface area contributed by atoms with Crippen molar-refractivity contribution in [3.8, 4) is 11.5 Å². The highest BCUT2D eigenvalue weighted by Gasteiger charge is 2.56. The van der Waals surface area contributed by atoms with Crippen LogP contribution in [-0.4, -0.2) is 35.2 Å². The van der Waals surface area contributed by atoms with Gasteiger partial charge in [-0.15, -0.1) is 11.3 Å². The van der Waals surface area contributed by atoms with Crippen molar-refractivity contribution in [2.75, 3.05) is 18.7 Å². The number of alkyl halides is 3. The SMILES string of the molecule is Cc1nc2cccc(NCC(O)(CC(C)(C)c3cccc4c3OCO4)C(F)(F)F)c2s1. The van der Waals surface area contributed by atoms with Crippen LogP contribution in [0.1, 0.15) is 30.8 Å². The fraction of sp³-hybridized carbons (Fsp3) is 0.409. The van der Waals surface area contributed by atoms with Crippen molar-refractivity contribution >= 4 is 27.2 Å². The first-order valence-corrected chi connectivity index (χ1v) is 10.6. The molecule has 0 fully saturated rings. The van der Waals surface area contributed by atoms with Crippen molar-refractivity contribution in [3.63, 3.8) is 0 Å². The second-order valence-electron chi connectivity index (χ2n) is 8.37. The third-order valence-corrected chi connectivity index (χ3v) is 6.50. The molecule has 1 aliphatic rings. The Kier molecular flexibility index (Phi) is 5.29. The van der Waals surface area contributed by atoms with E-state index < -0.39 is 30.2 Å². The summed E-state index contributed by atoms with van der Waals surface area (Å²) < 4.78 is 53.9. The number of hydrogen-bond acceptors (Lipinski definition) is 6. The van der Waals surface area contributed by atoms with Gasteiger partial charge in [0, 0.05) is 5.56 Å². The molecule has 2 aromatic carbocycles. The molecule has 31 heavy (non-hydrogen) atoms. The van der Waals surface area contributed by atoms with Gasteiger partial charge in [0.1, 0.15) is 0 Å². The molecule has 1 aliphatic heterocycles. The monoisotopic (exact) mass is 452 g/mol. The van der Waals surface area contributed by atoms with Crippen LogP contribution in [0.4, 0.5) is 18.9 Å². The average Bonchev–Trinajstić information content (AvgIpc) is 3.30. The summed E-state index contributed by atoms with van der Waals surface area (Å²) in [7, 11) is 0. The number of ether oxygens (including phenoxy) is 2. The number of aliphatic hydroxyl groups is 1. The molecule has 1 unspecified atom stereocenters. The van der Waals surface area contributed by atoms with Crippen molar-refractivity contribution in [1.29, 1.82) is 0 Å². The zero-order valence-corrected chi connectivity index (χ0v) is 18.2. The van der Waals surface area contributed by atoms with Gasteiger partial charge in [0.2, 0.25) is 6.79 Å². The molecule has 0 radical (unpaired) electrons. The molecule has 0 aliphatic carbocycles. The number of nitrogens with one attached hydrogen (secondary N) is 1. The molecule has 166 valence electrons. The van der Waals surface area contributed by atoms with Gasteiger partial charge in [0.15, 0.2) is 17.1 Å². The lowest BCUT2D eigenvalue weighted by molar-refractivity contribution is -0.260. The molecule has 2 heterocycles. The van der Waals surface area contributed by atoms with E-state index in [9.17, 15) is 18.3 Å². The van der Waals surface area contributed by atoms with Gasteiger partial charge in [-0.2, -0.15) is 13.2 Å². The third kappa shape index (κ3) is 4.04. The number of nitrogens with zero attached hydrogens (tertiary/aromatic N) is 1. The first kappa shape index (κ1) is 21.7. The molecular formula is C22H23F3N2O3S. The van der Waals surface area contributed by atoms with E-state index in [2.05, 4.69) is 10.3 Å². The number of fused-ring (bicyclic) bond motifs is 2. The Bertz CT molecular complexity index is 1110. The molecule has 0 amide bonds. The molecule has 4 rings (SSSR count). The predicted octanol–water partition coefficient (Wildman–Crippen LogP) is 5.41. The van der Waals surface area contributed by atoms with E-state index in [1.54, 1.807) is 50.2 Å². The average molecular weight is 452 g/mol. The number of para-hydroxylation sites is 1. The molecule has 5 nitrogen and oxygen atoms in total. The minimum absolute atomic E-state index is 0.0196. The van der Waals surface area contributed by atoms with E-state index in [4.69, 9.17) is 9.47 Å². The van der Waals surface area contributed by atoms with Crippen molar-refractivity contribution in [2.24, 2.45) is 0 Å². The maximum Gasteiger partial charge on any atom is 0.418 e. The van der Waals surface area contributed by atoms with Gasteiger partial charge in [0.25, 0.3) is 0 Å². The largest absolute Gasteiger partial charge is 0.454 e. The molecule has 3 aromatic rings. The summed E-state index contributed by atoms with van der Waals surface area (Å²) in [5.41, 5.74) is -2.23. The maximum atomic E-state index is 14.1. The second-order valence-corrected chi connectivity index (χ2v) is 9.57. The Hall–Kier alpha value is -2.52. The van der Waals surface area contributed by atoms with Crippen molar-refractivity contribution < 1.29 is 27.8 Å². The van der Waals surface area contributed by atoms with Crippen LogP contribution in [0.2, 0.25) is 0 Å². The number of aromatic nitrogens is 1. The molecule has 0 bridgehead atoms. The van der Waals surface area contributed by atoms with Gasteiger partial charge in [-0.1, -0.05) is 32.0 Å². The molecule has 0 saturated heterocycles. The zero-order chi connectivity index (χ0) is 22.4. The number of anilines is 1. The highest BCUT2D eigenvalue weighted by Crippen LogP contribution is 2.47. The number of rotatable bonds is 6. The Morgan fingerprint density at radius 2 is 1.87 bits per heavy atom. The molecule has 0 saturated carbocycles. The van der Waals surface area contributed by atoms with E-state index in [0.717, 1.165) is 9.71 Å². The number of aryl methyl sites for hydroxylation is 1. The van der Waals surface area contributed by atoms with Crippen LogP contribution >= 0.6 is 11.3 Å². The summed E-state index contributed by atoms with van der Waals surface area (Å²) in [6.45, 7) is 4.49. The lowest BCUT2D eigenvalue weighted by atomic mass is 9.74. The van der Waals surface area contributed by atoms with Gasteiger partial charge < -0.3 is 19.9 Å². The van der Waals surface area contributed by atoms with Gasteiger partial charge >= 0.3 is 6.18 Å². The zero-order valence-electron chi connectivity index (χ0n) is 17.3. The summed E-state index contributed by atoms with van der Waals surface area (Å²) >= 11 is 1.39. The number of halogens is 3. The van der Waals surface area contributed by atoms with Gasteiger partial charge in [-0.3, -0.25) is 0 Å². The lowest BCUT2D eigenvalue weighted by Crippen LogP contribution is -2.53. The molecule has 2 N–H and O–H groups in total. The summed E-state index contributed by atoms with van der Waals surface area (Å²) in [5, 5.41) is 14.5. The normalized spacial score (nSPS) is 15.8. The lowest BCUT2D eigenvalue weighted by Gasteiger charge is -2.38. The summed E-state index contributed by atoms with van der Waals surface area (Å²) in [6, 6.07) is 10.3. The first-order chi connectivity index (χ1) is 14.5. The number of thiazole rings is 1. The van der Waals surface area contributed by atoms with Crippen molar-refractivity contribution in [2.45, 2.75) is 44.4 Å². The maximum absolute atomic E-state index is 14.1. The van der Waals surface area contributed by atoms with Gasteiger partial charge in [-0.25, -0.2) is 4.98 Å². The van der Waals surface area contributed by atoms with Gasteiger partial charge in [-0.05, 0) is 37.0 Å². The summed E-state index contributed by atoms with van der Waals surface area (Å²) in [5.74, 6) is 0.918. The highest BCUT2D eigenvalue weighted by atomic mass is 32.1. The van der Waals surface area contributed by atoms with Crippen LogP contribution in [0.25, 0.3) is 10.2 Å². The van der Waals surface area contributed by atoms with Crippen LogP contribution in [0.5, 0.6) is 11.5 Å². The fourth-order valence-electron chi connectivity index (χ4n) is 3.99. The van der Waals surface area contributed by atoms with Crippen molar-refractivity contribution in [3.05, 3.63) is 47.0 Å². The Labute approximate surface area is 181 Å². The minimum atomic E-state index is -4.84. The Morgan fingerprint density at radius 3 is 2.61 bits per heavy atom. The smallest absolute Gasteiger partial charge is 0.418 e. The minimum Gasteiger partial charge on any atom is -0.454 e. The van der Waals surface area contributed by atoms with Crippen LogP contribution < -0.4 is 14.8 Å². The third-order valence-electron chi connectivity index (χ3n) is 5.48. The summed E-state index contributed by atoms with van der Waals surface area (Å²) in [4.78, 5) is 4.37. The van der Waals surface area contributed by atoms with Crippen LogP contribution in [-0.2, 0) is 5.41 Å². The fourth-order valence-corrected chi connectivity index (χ4v) is 4.90. The second kappa shape index (κ2) is 7.56. The van der Waals surface area contributed by atoms with E-state index >= 15 is 0 Å². The topological polar surface area (TPSA) is 63.6 Å². The van der Waals surface area contributed by atoms with E-state index in [-0.39, 0.29) is 6.79 Å². The van der Waals surface area contributed by atoms with E-state index in [1.165, 1.54) is 11.3 Å². The number of benzene rings is 2. The predicted molar refractivity (Wildman–Crippen MR) is 114 cm³/mol. The highest BCUT2D eigenvalue weighted by molar-refractivity contribution is 7.19. The van der Waals surface area contributed by atoms with E-state index in [0.29, 0.717) is 28.3 Å². The Morgan fingerprint density at radius 1 is 1.13 bits per heavy atom. The molecular weight excluding hydrogens is 429 g/mol. The first-order valence-electron chi connectivity index (χ1n) is 9.78. The Balaban J connectivity index is 1.63. The summed E-state index contributed by atoms with van der Waals surface area (Å²) in [6.07, 6.45) is -5.40. The van der Waals surface area contributed by atoms with Gasteiger partial charge in [0.05, 0.1) is 27.5 Å². The van der Waals surface area contributed by atoms with Crippen LogP contribution in [0.3, 0.4) is 0 Å². The standard InChI is InChI=1S/C22H23F3N2O3S/c1-13-27-16-8-5-7-15(19(16)31-13)26-11-21(28,22(23,24)25)10-20(2,3)14-6-4-9-17-18(14)30-12-29-17/h4-9,26,28H,10-12H2,1-3H3. The number of hydrogen-bond donors (Lipinski definition) is 2. The molecule has 0 spiro atoms. The van der Waals surface area contributed by atoms with Crippen LogP contribution in [0, 0.1) is 6.92 Å². The molecule has 9 heteroatoms. The van der Waals surface area contributed by atoms with Crippen molar-refractivity contribution in [1.82, 2.24) is 4.98 Å².